The number of carbonyl (C=O) groups is 1. The van der Waals surface area contributed by atoms with Gasteiger partial charge in [-0.3, -0.25) is 15.1 Å². The molecule has 8 heteroatoms. The smallest absolute Gasteiger partial charge is 0.259 e. The normalized spacial score (nSPS) is 10.6. The first-order valence-electron chi connectivity index (χ1n) is 6.12. The van der Waals surface area contributed by atoms with Gasteiger partial charge in [0.05, 0.1) is 5.56 Å². The number of hydrogen-bond donors (Lipinski definition) is 2. The molecule has 0 atom stereocenters. The van der Waals surface area contributed by atoms with Crippen LogP contribution in [0.1, 0.15) is 10.4 Å². The second-order valence-electron chi connectivity index (χ2n) is 4.25. The molecule has 0 unspecified atom stereocenters. The standard InChI is InChI=1S/C13H11BrN6O/c1-15-10-2-3-20-11(5-10)17-13(19-20)18-12(21)8-4-9(14)7-16-6-8/h2-7,15H,1H3,(H,18,19,21). The molecule has 0 aromatic carbocycles. The van der Waals surface area contributed by atoms with Crippen molar-refractivity contribution in [3.8, 4) is 0 Å². The van der Waals surface area contributed by atoms with Crippen molar-refractivity contribution in [1.29, 1.82) is 0 Å². The van der Waals surface area contributed by atoms with E-state index in [9.17, 15) is 4.79 Å². The Morgan fingerprint density at radius 1 is 1.33 bits per heavy atom. The molecule has 0 bridgehead atoms. The van der Waals surface area contributed by atoms with Crippen LogP contribution in [-0.4, -0.2) is 32.5 Å². The number of fused-ring (bicyclic) bond motifs is 1. The molecule has 21 heavy (non-hydrogen) atoms. The van der Waals surface area contributed by atoms with Crippen LogP contribution in [0.2, 0.25) is 0 Å². The first-order valence-corrected chi connectivity index (χ1v) is 6.91. The Kier molecular flexibility index (Phi) is 3.53. The molecule has 3 heterocycles. The van der Waals surface area contributed by atoms with Crippen molar-refractivity contribution in [2.24, 2.45) is 0 Å². The number of nitrogens with one attached hydrogen (secondary N) is 2. The Morgan fingerprint density at radius 2 is 2.19 bits per heavy atom. The number of rotatable bonds is 3. The maximum Gasteiger partial charge on any atom is 0.259 e. The topological polar surface area (TPSA) is 84.2 Å². The average molecular weight is 347 g/mol. The molecule has 0 aliphatic heterocycles. The number of carbonyl (C=O) groups excluding carboxylic acids is 1. The Balaban J connectivity index is 1.86. The van der Waals surface area contributed by atoms with Crippen molar-refractivity contribution in [3.05, 3.63) is 46.8 Å². The molecule has 1 amide bonds. The van der Waals surface area contributed by atoms with E-state index in [1.54, 1.807) is 23.0 Å². The summed E-state index contributed by atoms with van der Waals surface area (Å²) in [4.78, 5) is 20.3. The van der Waals surface area contributed by atoms with Gasteiger partial charge < -0.3 is 5.32 Å². The van der Waals surface area contributed by atoms with Gasteiger partial charge in [0.2, 0.25) is 5.95 Å². The van der Waals surface area contributed by atoms with Gasteiger partial charge in [0.25, 0.3) is 5.91 Å². The number of aromatic nitrogens is 4. The minimum atomic E-state index is -0.312. The summed E-state index contributed by atoms with van der Waals surface area (Å²) in [6.07, 6.45) is 4.86. The molecule has 0 saturated carbocycles. The van der Waals surface area contributed by atoms with Crippen LogP contribution in [0.25, 0.3) is 5.65 Å². The van der Waals surface area contributed by atoms with Crippen LogP contribution in [-0.2, 0) is 0 Å². The third-order valence-electron chi connectivity index (χ3n) is 2.82. The van der Waals surface area contributed by atoms with Gasteiger partial charge in [-0.15, -0.1) is 5.10 Å². The van der Waals surface area contributed by atoms with E-state index in [1.807, 2.05) is 19.2 Å². The minimum absolute atomic E-state index is 0.244. The fourth-order valence-electron chi connectivity index (χ4n) is 1.80. The van der Waals surface area contributed by atoms with Crippen molar-refractivity contribution in [2.45, 2.75) is 0 Å². The number of hydrogen-bond acceptors (Lipinski definition) is 5. The quantitative estimate of drug-likeness (QED) is 0.759. The van der Waals surface area contributed by atoms with E-state index in [4.69, 9.17) is 0 Å². The summed E-state index contributed by atoms with van der Waals surface area (Å²) in [5, 5.41) is 9.86. The summed E-state index contributed by atoms with van der Waals surface area (Å²) in [5.74, 6) is -0.0678. The lowest BCUT2D eigenvalue weighted by Gasteiger charge is -2.00. The summed E-state index contributed by atoms with van der Waals surface area (Å²) in [7, 11) is 1.82. The molecule has 3 aromatic rings. The fourth-order valence-corrected chi connectivity index (χ4v) is 2.16. The molecule has 0 fully saturated rings. The second-order valence-corrected chi connectivity index (χ2v) is 5.17. The lowest BCUT2D eigenvalue weighted by atomic mass is 10.3. The largest absolute Gasteiger partial charge is 0.388 e. The zero-order chi connectivity index (χ0) is 14.8. The molecule has 0 aliphatic carbocycles. The monoisotopic (exact) mass is 346 g/mol. The highest BCUT2D eigenvalue weighted by atomic mass is 79.9. The number of nitrogens with zero attached hydrogens (tertiary/aromatic N) is 4. The van der Waals surface area contributed by atoms with E-state index in [1.165, 1.54) is 6.20 Å². The van der Waals surface area contributed by atoms with E-state index in [2.05, 4.69) is 41.6 Å². The van der Waals surface area contributed by atoms with Gasteiger partial charge in [-0.25, -0.2) is 4.52 Å². The van der Waals surface area contributed by atoms with Gasteiger partial charge in [0, 0.05) is 41.9 Å². The summed E-state index contributed by atoms with van der Waals surface area (Å²) < 4.78 is 2.33. The molecule has 0 aliphatic rings. The highest BCUT2D eigenvalue weighted by Crippen LogP contribution is 2.13. The minimum Gasteiger partial charge on any atom is -0.388 e. The van der Waals surface area contributed by atoms with Gasteiger partial charge in [-0.1, -0.05) is 0 Å². The van der Waals surface area contributed by atoms with E-state index in [0.29, 0.717) is 11.2 Å². The maximum atomic E-state index is 12.1. The molecule has 3 rings (SSSR count). The second kappa shape index (κ2) is 5.49. The first kappa shape index (κ1) is 13.5. The number of halogens is 1. The fraction of sp³-hybridized carbons (Fsp3) is 0.0769. The van der Waals surface area contributed by atoms with E-state index in [0.717, 1.165) is 10.2 Å². The lowest BCUT2D eigenvalue weighted by Crippen LogP contribution is -2.13. The van der Waals surface area contributed by atoms with Crippen molar-refractivity contribution in [1.82, 2.24) is 19.6 Å². The summed E-state index contributed by atoms with van der Waals surface area (Å²) >= 11 is 3.28. The molecule has 7 nitrogen and oxygen atoms in total. The van der Waals surface area contributed by atoms with Crippen LogP contribution in [0.3, 0.4) is 0 Å². The average Bonchev–Trinajstić information content (AvgIpc) is 2.88. The zero-order valence-electron chi connectivity index (χ0n) is 11.0. The zero-order valence-corrected chi connectivity index (χ0v) is 12.6. The third-order valence-corrected chi connectivity index (χ3v) is 3.25. The van der Waals surface area contributed by atoms with Crippen LogP contribution >= 0.6 is 15.9 Å². The summed E-state index contributed by atoms with van der Waals surface area (Å²) in [5.41, 5.74) is 1.99. The first-order chi connectivity index (χ1) is 10.2. The summed E-state index contributed by atoms with van der Waals surface area (Å²) in [6, 6.07) is 5.38. The predicted octanol–water partition coefficient (Wildman–Crippen LogP) is 2.18. The Bertz CT molecular complexity index is 815. The van der Waals surface area contributed by atoms with E-state index < -0.39 is 0 Å². The van der Waals surface area contributed by atoms with Crippen LogP contribution in [0.4, 0.5) is 11.6 Å². The maximum absolute atomic E-state index is 12.1. The predicted molar refractivity (Wildman–Crippen MR) is 82.4 cm³/mol. The highest BCUT2D eigenvalue weighted by Gasteiger charge is 2.11. The van der Waals surface area contributed by atoms with E-state index in [-0.39, 0.29) is 11.9 Å². The molecule has 106 valence electrons. The van der Waals surface area contributed by atoms with Gasteiger partial charge in [0.15, 0.2) is 5.65 Å². The van der Waals surface area contributed by atoms with Crippen LogP contribution in [0.5, 0.6) is 0 Å². The van der Waals surface area contributed by atoms with Gasteiger partial charge in [-0.2, -0.15) is 4.98 Å². The molecule has 2 N–H and O–H groups in total. The number of pyridine rings is 2. The third kappa shape index (κ3) is 2.84. The Morgan fingerprint density at radius 3 is 2.95 bits per heavy atom. The Labute approximate surface area is 128 Å². The number of amides is 1. The Hall–Kier alpha value is -2.48. The van der Waals surface area contributed by atoms with Crippen molar-refractivity contribution >= 4 is 39.1 Å². The molecule has 0 spiro atoms. The van der Waals surface area contributed by atoms with E-state index >= 15 is 0 Å². The number of anilines is 2. The van der Waals surface area contributed by atoms with Crippen molar-refractivity contribution < 1.29 is 4.79 Å². The van der Waals surface area contributed by atoms with Crippen LogP contribution in [0.15, 0.2) is 41.3 Å². The molecule has 0 saturated heterocycles. The highest BCUT2D eigenvalue weighted by molar-refractivity contribution is 9.10. The molecule has 0 radical (unpaired) electrons. The van der Waals surface area contributed by atoms with Gasteiger partial charge >= 0.3 is 0 Å². The SMILES string of the molecule is CNc1ccn2nc(NC(=O)c3cncc(Br)c3)nc2c1. The van der Waals surface area contributed by atoms with Crippen LogP contribution < -0.4 is 10.6 Å². The molecular formula is C13H11BrN6O. The van der Waals surface area contributed by atoms with Gasteiger partial charge in [0.1, 0.15) is 0 Å². The molecular weight excluding hydrogens is 336 g/mol. The van der Waals surface area contributed by atoms with Crippen LogP contribution in [0, 0.1) is 0 Å². The summed E-state index contributed by atoms with van der Waals surface area (Å²) in [6.45, 7) is 0. The van der Waals surface area contributed by atoms with Gasteiger partial charge in [-0.05, 0) is 28.1 Å². The molecule has 3 aromatic heterocycles. The van der Waals surface area contributed by atoms with Crippen molar-refractivity contribution in [2.75, 3.05) is 17.7 Å². The van der Waals surface area contributed by atoms with Crippen molar-refractivity contribution in [3.63, 3.8) is 0 Å². The lowest BCUT2D eigenvalue weighted by molar-refractivity contribution is 0.102.